The van der Waals surface area contributed by atoms with Gasteiger partial charge in [0, 0.05) is 25.3 Å². The number of benzene rings is 2. The Hall–Kier alpha value is -2.62. The molecule has 0 unspecified atom stereocenters. The molecule has 1 aliphatic rings. The number of hydrogen-bond donors (Lipinski definition) is 0. The van der Waals surface area contributed by atoms with E-state index < -0.39 is 0 Å². The normalized spacial score (nSPS) is 15.1. The van der Waals surface area contributed by atoms with Gasteiger partial charge in [-0.3, -0.25) is 4.90 Å². The molecule has 3 nitrogen and oxygen atoms in total. The van der Waals surface area contributed by atoms with Crippen molar-refractivity contribution >= 4 is 17.3 Å². The summed E-state index contributed by atoms with van der Waals surface area (Å²) in [7, 11) is 0. The first kappa shape index (κ1) is 18.2. The molecule has 2 amide bonds. The van der Waals surface area contributed by atoms with Crippen LogP contribution in [0.25, 0.3) is 5.57 Å². The molecular weight excluding hydrogens is 327 g/mol. The van der Waals surface area contributed by atoms with E-state index in [1.54, 1.807) is 15.9 Å². The van der Waals surface area contributed by atoms with Gasteiger partial charge in [-0.25, -0.2) is 9.18 Å². The minimum absolute atomic E-state index is 0.0273. The molecule has 0 atom stereocenters. The van der Waals surface area contributed by atoms with Crippen molar-refractivity contribution in [3.8, 4) is 0 Å². The Balaban J connectivity index is 1.71. The molecule has 0 aliphatic carbocycles. The molecule has 0 N–H and O–H groups in total. The molecule has 2 aromatic carbocycles. The Labute approximate surface area is 154 Å². The standard InChI is InChI=1S/C22H25FN2O/c1-4-16(3)19-8-10-20(11-9-19)25-13-12-24(22(25)26)15-17-6-7-18(5-2)21(23)14-17/h4,6-11,14H,5,12-13,15H2,1-3H3/b16-4+. The Kier molecular flexibility index (Phi) is 5.40. The van der Waals surface area contributed by atoms with Gasteiger partial charge in [-0.05, 0) is 60.7 Å². The van der Waals surface area contributed by atoms with Crippen LogP contribution in [0.15, 0.2) is 48.5 Å². The zero-order chi connectivity index (χ0) is 18.7. The predicted molar refractivity (Wildman–Crippen MR) is 105 cm³/mol. The van der Waals surface area contributed by atoms with E-state index in [-0.39, 0.29) is 11.8 Å². The van der Waals surface area contributed by atoms with Crippen molar-refractivity contribution < 1.29 is 9.18 Å². The van der Waals surface area contributed by atoms with Crippen LogP contribution in [-0.2, 0) is 13.0 Å². The number of urea groups is 1. The topological polar surface area (TPSA) is 23.6 Å². The molecule has 136 valence electrons. The molecule has 26 heavy (non-hydrogen) atoms. The van der Waals surface area contributed by atoms with Gasteiger partial charge in [-0.15, -0.1) is 0 Å². The van der Waals surface area contributed by atoms with Crippen molar-refractivity contribution in [2.24, 2.45) is 0 Å². The average molecular weight is 352 g/mol. The Morgan fingerprint density at radius 1 is 1.15 bits per heavy atom. The Bertz CT molecular complexity index is 827. The summed E-state index contributed by atoms with van der Waals surface area (Å²) in [6, 6.07) is 13.3. The predicted octanol–water partition coefficient (Wildman–Crippen LogP) is 5.25. The first-order chi connectivity index (χ1) is 12.5. The molecule has 4 heteroatoms. The van der Waals surface area contributed by atoms with Crippen molar-refractivity contribution in [2.75, 3.05) is 18.0 Å². The van der Waals surface area contributed by atoms with Crippen molar-refractivity contribution in [1.29, 1.82) is 0 Å². The van der Waals surface area contributed by atoms with Gasteiger partial charge in [-0.1, -0.05) is 37.3 Å². The van der Waals surface area contributed by atoms with Crippen LogP contribution in [0.5, 0.6) is 0 Å². The third kappa shape index (κ3) is 3.64. The average Bonchev–Trinajstić information content (AvgIpc) is 3.02. The van der Waals surface area contributed by atoms with Gasteiger partial charge < -0.3 is 4.90 Å². The van der Waals surface area contributed by atoms with Crippen LogP contribution in [0.2, 0.25) is 0 Å². The van der Waals surface area contributed by atoms with Crippen LogP contribution in [-0.4, -0.2) is 24.0 Å². The van der Waals surface area contributed by atoms with Gasteiger partial charge in [0.05, 0.1) is 0 Å². The monoisotopic (exact) mass is 352 g/mol. The number of carbonyl (C=O) groups is 1. The van der Waals surface area contributed by atoms with Gasteiger partial charge in [0.25, 0.3) is 0 Å². The maximum atomic E-state index is 14.0. The lowest BCUT2D eigenvalue weighted by atomic mass is 10.1. The van der Waals surface area contributed by atoms with E-state index in [1.165, 1.54) is 5.57 Å². The number of nitrogens with zero attached hydrogens (tertiary/aromatic N) is 2. The molecule has 1 fully saturated rings. The molecule has 1 heterocycles. The van der Waals surface area contributed by atoms with Gasteiger partial charge >= 0.3 is 6.03 Å². The minimum Gasteiger partial charge on any atom is -0.318 e. The van der Waals surface area contributed by atoms with Crippen LogP contribution in [0, 0.1) is 5.82 Å². The fraction of sp³-hybridized carbons (Fsp3) is 0.318. The lowest BCUT2D eigenvalue weighted by Crippen LogP contribution is -2.31. The second kappa shape index (κ2) is 7.73. The summed E-state index contributed by atoms with van der Waals surface area (Å²) in [5.41, 5.74) is 4.81. The highest BCUT2D eigenvalue weighted by atomic mass is 19.1. The largest absolute Gasteiger partial charge is 0.324 e. The van der Waals surface area contributed by atoms with E-state index in [0.29, 0.717) is 31.6 Å². The van der Waals surface area contributed by atoms with Crippen molar-refractivity contribution in [2.45, 2.75) is 33.7 Å². The van der Waals surface area contributed by atoms with Gasteiger partial charge in [-0.2, -0.15) is 0 Å². The molecule has 3 rings (SSSR count). The van der Waals surface area contributed by atoms with Crippen LogP contribution >= 0.6 is 0 Å². The fourth-order valence-electron chi connectivity index (χ4n) is 3.24. The summed E-state index contributed by atoms with van der Waals surface area (Å²) in [6.45, 7) is 7.75. The lowest BCUT2D eigenvalue weighted by molar-refractivity contribution is 0.218. The van der Waals surface area contributed by atoms with Crippen molar-refractivity contribution in [3.05, 3.63) is 71.0 Å². The molecule has 1 saturated heterocycles. The first-order valence-corrected chi connectivity index (χ1v) is 9.10. The van der Waals surface area contributed by atoms with Crippen LogP contribution < -0.4 is 4.90 Å². The second-order valence-electron chi connectivity index (χ2n) is 6.65. The van der Waals surface area contributed by atoms with Crippen molar-refractivity contribution in [3.63, 3.8) is 0 Å². The third-order valence-electron chi connectivity index (χ3n) is 5.03. The number of amides is 2. The van der Waals surface area contributed by atoms with Gasteiger partial charge in [0.2, 0.25) is 0 Å². The molecule has 2 aromatic rings. The SMILES string of the molecule is C/C=C(\C)c1ccc(N2CCN(Cc3ccc(CC)c(F)c3)C2=O)cc1. The Morgan fingerprint density at radius 2 is 1.88 bits per heavy atom. The van der Waals surface area contributed by atoms with Crippen molar-refractivity contribution in [1.82, 2.24) is 4.90 Å². The van der Waals surface area contributed by atoms with Crippen LogP contribution in [0.3, 0.4) is 0 Å². The molecule has 0 aromatic heterocycles. The van der Waals surface area contributed by atoms with Gasteiger partial charge in [0.1, 0.15) is 5.82 Å². The number of aryl methyl sites for hydroxylation is 1. The van der Waals surface area contributed by atoms with E-state index in [4.69, 9.17) is 0 Å². The van der Waals surface area contributed by atoms with E-state index >= 15 is 0 Å². The maximum Gasteiger partial charge on any atom is 0.324 e. The Morgan fingerprint density at radius 3 is 2.50 bits per heavy atom. The highest BCUT2D eigenvalue weighted by Gasteiger charge is 2.29. The fourth-order valence-corrected chi connectivity index (χ4v) is 3.24. The molecule has 0 radical (unpaired) electrons. The quantitative estimate of drug-likeness (QED) is 0.720. The summed E-state index contributed by atoms with van der Waals surface area (Å²) in [5, 5.41) is 0. The summed E-state index contributed by atoms with van der Waals surface area (Å²) >= 11 is 0. The summed E-state index contributed by atoms with van der Waals surface area (Å²) < 4.78 is 14.0. The van der Waals surface area contributed by atoms with E-state index in [2.05, 4.69) is 13.0 Å². The summed E-state index contributed by atoms with van der Waals surface area (Å²) in [6.07, 6.45) is 2.74. The summed E-state index contributed by atoms with van der Waals surface area (Å²) in [5.74, 6) is -0.191. The lowest BCUT2D eigenvalue weighted by Gasteiger charge is -2.19. The van der Waals surface area contributed by atoms with Crippen LogP contribution in [0.1, 0.15) is 37.5 Å². The second-order valence-corrected chi connectivity index (χ2v) is 6.65. The summed E-state index contributed by atoms with van der Waals surface area (Å²) in [4.78, 5) is 16.3. The van der Waals surface area contributed by atoms with Crippen LogP contribution in [0.4, 0.5) is 14.9 Å². The highest BCUT2D eigenvalue weighted by Crippen LogP contribution is 2.24. The number of hydrogen-bond acceptors (Lipinski definition) is 1. The number of rotatable bonds is 5. The third-order valence-corrected chi connectivity index (χ3v) is 5.03. The molecule has 0 spiro atoms. The molecule has 1 aliphatic heterocycles. The zero-order valence-corrected chi connectivity index (χ0v) is 15.6. The van der Waals surface area contributed by atoms with Gasteiger partial charge in [0.15, 0.2) is 0 Å². The molecule has 0 saturated carbocycles. The number of halogens is 1. The highest BCUT2D eigenvalue weighted by molar-refractivity contribution is 5.94. The minimum atomic E-state index is -0.191. The number of allylic oxidation sites excluding steroid dienone is 2. The van der Waals surface area contributed by atoms with E-state index in [9.17, 15) is 9.18 Å². The molecular formula is C22H25FN2O. The molecule has 0 bridgehead atoms. The maximum absolute atomic E-state index is 14.0. The van der Waals surface area contributed by atoms with E-state index in [0.717, 1.165) is 16.8 Å². The smallest absolute Gasteiger partial charge is 0.318 e. The zero-order valence-electron chi connectivity index (χ0n) is 15.6. The van der Waals surface area contributed by atoms with E-state index in [1.807, 2.05) is 50.2 Å². The number of carbonyl (C=O) groups excluding carboxylic acids is 1. The number of anilines is 1. The first-order valence-electron chi connectivity index (χ1n) is 9.10.